The van der Waals surface area contributed by atoms with Crippen molar-refractivity contribution in [3.63, 3.8) is 0 Å². The maximum absolute atomic E-state index is 14.3. The van der Waals surface area contributed by atoms with Gasteiger partial charge in [0.1, 0.15) is 18.5 Å². The van der Waals surface area contributed by atoms with Crippen molar-refractivity contribution in [1.29, 1.82) is 0 Å². The highest BCUT2D eigenvalue weighted by atomic mass is 19.1. The van der Waals surface area contributed by atoms with E-state index < -0.39 is 18.1 Å². The van der Waals surface area contributed by atoms with Crippen molar-refractivity contribution in [3.05, 3.63) is 94.8 Å². The summed E-state index contributed by atoms with van der Waals surface area (Å²) in [4.78, 5) is 29.2. The molecule has 0 unspecified atom stereocenters. The number of amides is 1. The molecule has 5 rings (SSSR count). The van der Waals surface area contributed by atoms with Crippen molar-refractivity contribution >= 4 is 11.9 Å². The Morgan fingerprint density at radius 2 is 1.73 bits per heavy atom. The molecular formula is C33H36FNO6. The monoisotopic (exact) mass is 561 g/mol. The van der Waals surface area contributed by atoms with Gasteiger partial charge in [-0.1, -0.05) is 67.4 Å². The van der Waals surface area contributed by atoms with Gasteiger partial charge in [0.05, 0.1) is 19.8 Å². The highest BCUT2D eigenvalue weighted by molar-refractivity contribution is 5.89. The second-order valence-corrected chi connectivity index (χ2v) is 10.4. The average Bonchev–Trinajstić information content (AvgIpc) is 3.52. The first kappa shape index (κ1) is 28.6. The van der Waals surface area contributed by atoms with Crippen LogP contribution in [0.3, 0.4) is 0 Å². The number of hydrogen-bond donors (Lipinski definition) is 0. The van der Waals surface area contributed by atoms with Crippen LogP contribution in [0.25, 0.3) is 0 Å². The summed E-state index contributed by atoms with van der Waals surface area (Å²) in [5, 5.41) is 0. The minimum Gasteiger partial charge on any atom is -0.493 e. The van der Waals surface area contributed by atoms with Gasteiger partial charge < -0.3 is 23.8 Å². The van der Waals surface area contributed by atoms with Gasteiger partial charge in [0.15, 0.2) is 17.6 Å². The summed E-state index contributed by atoms with van der Waals surface area (Å²) in [5.74, 6) is -0.254. The standard InChI is InChI=1S/C33H36FNO6/c1-3-39-33(37)28-19-26-23(17-18-29(38-2)31(26)40-21-24-13-7-10-16-27(24)34)20-35(28)32(36)30(22-11-5-4-6-12-22)41-25-14-8-9-15-25/h4-7,10-13,16-18,25,28,30H,3,8-9,14-15,19-21H2,1-2H3/t28-,30-/m0/s1. The molecule has 1 saturated carbocycles. The van der Waals surface area contributed by atoms with Crippen molar-refractivity contribution in [2.45, 2.75) is 70.4 Å². The van der Waals surface area contributed by atoms with E-state index in [-0.39, 0.29) is 44.0 Å². The molecule has 3 aromatic carbocycles. The lowest BCUT2D eigenvalue weighted by atomic mass is 9.91. The van der Waals surface area contributed by atoms with Gasteiger partial charge in [-0.2, -0.15) is 0 Å². The maximum atomic E-state index is 14.3. The predicted octanol–water partition coefficient (Wildman–Crippen LogP) is 5.93. The van der Waals surface area contributed by atoms with Crippen LogP contribution in [0.2, 0.25) is 0 Å². The second kappa shape index (κ2) is 13.2. The Bertz CT molecular complexity index is 1360. The highest BCUT2D eigenvalue weighted by Gasteiger charge is 2.41. The van der Waals surface area contributed by atoms with Gasteiger partial charge in [-0.05, 0) is 43.0 Å². The number of fused-ring (bicyclic) bond motifs is 1. The van der Waals surface area contributed by atoms with Crippen molar-refractivity contribution in [1.82, 2.24) is 4.90 Å². The number of hydrogen-bond acceptors (Lipinski definition) is 6. The fourth-order valence-corrected chi connectivity index (χ4v) is 5.66. The minimum absolute atomic E-state index is 0.00933. The lowest BCUT2D eigenvalue weighted by Crippen LogP contribution is -2.51. The molecule has 0 saturated heterocycles. The Hall–Kier alpha value is -3.91. The number of esters is 1. The zero-order valence-corrected chi connectivity index (χ0v) is 23.5. The van der Waals surface area contributed by atoms with Crippen molar-refractivity contribution in [2.24, 2.45) is 0 Å². The zero-order chi connectivity index (χ0) is 28.8. The van der Waals surface area contributed by atoms with Crippen LogP contribution in [-0.4, -0.2) is 42.6 Å². The molecule has 0 aromatic heterocycles. The molecule has 0 radical (unpaired) electrons. The molecule has 7 nitrogen and oxygen atoms in total. The van der Waals surface area contributed by atoms with E-state index in [0.717, 1.165) is 42.4 Å². The summed E-state index contributed by atoms with van der Waals surface area (Å²) in [6.07, 6.45) is 3.26. The van der Waals surface area contributed by atoms with Crippen molar-refractivity contribution in [2.75, 3.05) is 13.7 Å². The van der Waals surface area contributed by atoms with Gasteiger partial charge in [0.2, 0.25) is 0 Å². The van der Waals surface area contributed by atoms with Gasteiger partial charge in [-0.3, -0.25) is 4.79 Å². The Balaban J connectivity index is 1.49. The zero-order valence-electron chi connectivity index (χ0n) is 23.5. The third-order valence-corrected chi connectivity index (χ3v) is 7.78. The number of ether oxygens (including phenoxy) is 4. The molecule has 8 heteroatoms. The summed E-state index contributed by atoms with van der Waals surface area (Å²) in [6.45, 7) is 2.06. The van der Waals surface area contributed by atoms with Gasteiger partial charge in [-0.25, -0.2) is 9.18 Å². The second-order valence-electron chi connectivity index (χ2n) is 10.4. The maximum Gasteiger partial charge on any atom is 0.329 e. The van der Waals surface area contributed by atoms with E-state index in [1.165, 1.54) is 13.2 Å². The quantitative estimate of drug-likeness (QED) is 0.286. The van der Waals surface area contributed by atoms with Crippen LogP contribution in [0.4, 0.5) is 4.39 Å². The first-order valence-electron chi connectivity index (χ1n) is 14.2. The summed E-state index contributed by atoms with van der Waals surface area (Å²) >= 11 is 0. The average molecular weight is 562 g/mol. The Morgan fingerprint density at radius 1 is 1.00 bits per heavy atom. The van der Waals surface area contributed by atoms with Crippen LogP contribution in [-0.2, 0) is 38.6 Å². The number of carbonyl (C=O) groups is 2. The smallest absolute Gasteiger partial charge is 0.329 e. The molecule has 2 atom stereocenters. The fraction of sp³-hybridized carbons (Fsp3) is 0.394. The predicted molar refractivity (Wildman–Crippen MR) is 151 cm³/mol. The summed E-state index contributed by atoms with van der Waals surface area (Å²) in [7, 11) is 1.53. The van der Waals surface area contributed by atoms with Gasteiger partial charge >= 0.3 is 5.97 Å². The summed E-state index contributed by atoms with van der Waals surface area (Å²) in [5.41, 5.74) is 2.70. The lowest BCUT2D eigenvalue weighted by Gasteiger charge is -2.38. The van der Waals surface area contributed by atoms with E-state index in [9.17, 15) is 14.0 Å². The van der Waals surface area contributed by atoms with E-state index in [1.54, 1.807) is 36.1 Å². The Labute approximate surface area is 240 Å². The number of benzene rings is 3. The fourth-order valence-electron chi connectivity index (χ4n) is 5.66. The molecule has 3 aromatic rings. The topological polar surface area (TPSA) is 74.3 Å². The first-order chi connectivity index (χ1) is 20.0. The van der Waals surface area contributed by atoms with Gasteiger partial charge in [0.25, 0.3) is 5.91 Å². The molecule has 0 N–H and O–H groups in total. The minimum atomic E-state index is -0.892. The molecule has 0 spiro atoms. The third kappa shape index (κ3) is 6.38. The van der Waals surface area contributed by atoms with E-state index in [1.807, 2.05) is 36.4 Å². The number of nitrogens with zero attached hydrogens (tertiary/aromatic N) is 1. The Morgan fingerprint density at radius 3 is 2.44 bits per heavy atom. The molecular weight excluding hydrogens is 525 g/mol. The van der Waals surface area contributed by atoms with E-state index in [0.29, 0.717) is 17.1 Å². The summed E-state index contributed by atoms with van der Waals surface area (Å²) in [6, 6.07) is 18.6. The molecule has 0 bridgehead atoms. The van der Waals surface area contributed by atoms with Crippen LogP contribution < -0.4 is 9.47 Å². The molecule has 41 heavy (non-hydrogen) atoms. The molecule has 1 fully saturated rings. The normalized spacial score (nSPS) is 17.5. The number of carbonyl (C=O) groups excluding carboxylic acids is 2. The van der Waals surface area contributed by atoms with Crippen LogP contribution in [0.5, 0.6) is 11.5 Å². The number of rotatable bonds is 10. The van der Waals surface area contributed by atoms with Gasteiger partial charge in [-0.15, -0.1) is 0 Å². The molecule has 216 valence electrons. The van der Waals surface area contributed by atoms with Crippen LogP contribution in [0.15, 0.2) is 66.7 Å². The van der Waals surface area contributed by atoms with E-state index in [2.05, 4.69) is 0 Å². The number of methoxy groups -OCH3 is 1. The first-order valence-corrected chi connectivity index (χ1v) is 14.2. The molecule has 2 aliphatic rings. The molecule has 1 aliphatic heterocycles. The molecule has 1 aliphatic carbocycles. The molecule has 1 amide bonds. The van der Waals surface area contributed by atoms with Crippen molar-refractivity contribution < 1.29 is 32.9 Å². The number of halogens is 1. The highest BCUT2D eigenvalue weighted by Crippen LogP contribution is 2.40. The lowest BCUT2D eigenvalue weighted by molar-refractivity contribution is -0.163. The van der Waals surface area contributed by atoms with Crippen LogP contribution in [0, 0.1) is 5.82 Å². The molecule has 1 heterocycles. The van der Waals surface area contributed by atoms with Crippen molar-refractivity contribution in [3.8, 4) is 11.5 Å². The van der Waals surface area contributed by atoms with Crippen LogP contribution >= 0.6 is 0 Å². The Kier molecular flexibility index (Phi) is 9.19. The van der Waals surface area contributed by atoms with Gasteiger partial charge in [0, 0.05) is 24.1 Å². The summed E-state index contributed by atoms with van der Waals surface area (Å²) < 4.78 is 37.9. The van der Waals surface area contributed by atoms with E-state index >= 15 is 0 Å². The third-order valence-electron chi connectivity index (χ3n) is 7.78. The largest absolute Gasteiger partial charge is 0.493 e. The van der Waals surface area contributed by atoms with Crippen LogP contribution in [0.1, 0.15) is 61.0 Å². The SMILES string of the molecule is CCOC(=O)[C@@H]1Cc2c(ccc(OC)c2OCc2ccccc2F)CN1C(=O)[C@@H](OC1CCCC1)c1ccccc1. The van der Waals surface area contributed by atoms with E-state index in [4.69, 9.17) is 18.9 Å².